The van der Waals surface area contributed by atoms with Crippen molar-refractivity contribution in [3.8, 4) is 0 Å². The van der Waals surface area contributed by atoms with Crippen molar-refractivity contribution in [1.82, 2.24) is 4.90 Å². The van der Waals surface area contributed by atoms with Crippen molar-refractivity contribution < 1.29 is 0 Å². The van der Waals surface area contributed by atoms with E-state index in [9.17, 15) is 0 Å². The Labute approximate surface area is 116 Å². The minimum atomic E-state index is 0.323. The van der Waals surface area contributed by atoms with Gasteiger partial charge in [-0.25, -0.2) is 0 Å². The molecule has 0 fully saturated rings. The molecule has 0 atom stereocenters. The fourth-order valence-corrected chi connectivity index (χ4v) is 3.49. The Morgan fingerprint density at radius 2 is 1.11 bits per heavy atom. The predicted octanol–water partition coefficient (Wildman–Crippen LogP) is 5.35. The van der Waals surface area contributed by atoms with E-state index in [2.05, 4.69) is 67.3 Å². The van der Waals surface area contributed by atoms with Crippen LogP contribution in [0.2, 0.25) is 0 Å². The highest BCUT2D eigenvalue weighted by Gasteiger charge is 2.39. The van der Waals surface area contributed by atoms with E-state index in [1.807, 2.05) is 0 Å². The normalized spacial score (nSPS) is 14.0. The summed E-state index contributed by atoms with van der Waals surface area (Å²) < 4.78 is 0. The Morgan fingerprint density at radius 3 is 1.33 bits per heavy atom. The number of hydrogen-bond acceptors (Lipinski definition) is 1. The van der Waals surface area contributed by atoms with Gasteiger partial charge in [0.15, 0.2) is 0 Å². The Balaban J connectivity index is 5.17. The van der Waals surface area contributed by atoms with Gasteiger partial charge in [-0.15, -0.1) is 0 Å². The average molecular weight is 255 g/mol. The Morgan fingerprint density at radius 1 is 0.778 bits per heavy atom. The molecule has 0 unspecified atom stereocenters. The van der Waals surface area contributed by atoms with Crippen LogP contribution in [0.1, 0.15) is 81.1 Å². The molecule has 18 heavy (non-hydrogen) atoms. The monoisotopic (exact) mass is 255 g/mol. The minimum absolute atomic E-state index is 0.323. The van der Waals surface area contributed by atoms with Gasteiger partial charge in [0.1, 0.15) is 0 Å². The van der Waals surface area contributed by atoms with Crippen LogP contribution in [-0.4, -0.2) is 23.0 Å². The Hall–Kier alpha value is -0.0400. The molecule has 0 aliphatic rings. The summed E-state index contributed by atoms with van der Waals surface area (Å²) in [6.45, 7) is 18.9. The first-order valence-electron chi connectivity index (χ1n) is 7.85. The van der Waals surface area contributed by atoms with Crippen LogP contribution >= 0.6 is 0 Å². The summed E-state index contributed by atoms with van der Waals surface area (Å²) in [5.74, 6) is 1.52. The van der Waals surface area contributed by atoms with Gasteiger partial charge in [-0.05, 0) is 58.4 Å². The van der Waals surface area contributed by atoms with E-state index in [1.165, 1.54) is 25.7 Å². The van der Waals surface area contributed by atoms with Crippen molar-refractivity contribution in [1.29, 1.82) is 0 Å². The van der Waals surface area contributed by atoms with E-state index >= 15 is 0 Å². The van der Waals surface area contributed by atoms with Gasteiger partial charge in [-0.2, -0.15) is 0 Å². The van der Waals surface area contributed by atoms with Crippen LogP contribution in [0.4, 0.5) is 0 Å². The lowest BCUT2D eigenvalue weighted by atomic mass is 9.78. The maximum absolute atomic E-state index is 2.68. The zero-order valence-corrected chi connectivity index (χ0v) is 14.4. The fourth-order valence-electron chi connectivity index (χ4n) is 3.49. The molecule has 0 aromatic carbocycles. The molecular weight excluding hydrogens is 218 g/mol. The van der Waals surface area contributed by atoms with Gasteiger partial charge in [0, 0.05) is 11.1 Å². The predicted molar refractivity (Wildman–Crippen MR) is 84.1 cm³/mol. The second-order valence-corrected chi connectivity index (χ2v) is 7.46. The minimum Gasteiger partial charge on any atom is -0.296 e. The lowest BCUT2D eigenvalue weighted by Gasteiger charge is -2.51. The van der Waals surface area contributed by atoms with E-state index in [-0.39, 0.29) is 0 Å². The van der Waals surface area contributed by atoms with E-state index in [1.54, 1.807) is 0 Å². The van der Waals surface area contributed by atoms with Crippen LogP contribution in [0.15, 0.2) is 0 Å². The third-order valence-electron chi connectivity index (χ3n) is 4.84. The van der Waals surface area contributed by atoms with Gasteiger partial charge in [-0.1, -0.05) is 41.5 Å². The molecule has 0 aromatic heterocycles. The Bertz CT molecular complexity index is 216. The standard InChI is InChI=1S/C17H37N/c1-10-16(7,11-2)18(9)17(8,12-14(3)4)13-15(5)6/h14-15H,10-13H2,1-9H3. The first-order chi connectivity index (χ1) is 8.11. The summed E-state index contributed by atoms with van der Waals surface area (Å²) in [6.07, 6.45) is 5.03. The Kier molecular flexibility index (Phi) is 6.92. The summed E-state index contributed by atoms with van der Waals surface area (Å²) >= 11 is 0. The van der Waals surface area contributed by atoms with Crippen LogP contribution in [0.25, 0.3) is 0 Å². The molecule has 0 saturated heterocycles. The lowest BCUT2D eigenvalue weighted by molar-refractivity contribution is -0.00885. The van der Waals surface area contributed by atoms with Gasteiger partial charge < -0.3 is 0 Å². The second kappa shape index (κ2) is 6.93. The number of nitrogens with zero attached hydrogens (tertiary/aromatic N) is 1. The van der Waals surface area contributed by atoms with Crippen molar-refractivity contribution in [2.24, 2.45) is 11.8 Å². The van der Waals surface area contributed by atoms with Gasteiger partial charge in [0.2, 0.25) is 0 Å². The van der Waals surface area contributed by atoms with E-state index in [4.69, 9.17) is 0 Å². The SMILES string of the molecule is CCC(C)(CC)N(C)C(C)(CC(C)C)CC(C)C. The molecule has 1 heteroatoms. The van der Waals surface area contributed by atoms with Crippen molar-refractivity contribution >= 4 is 0 Å². The summed E-state index contributed by atoms with van der Waals surface area (Å²) in [6, 6.07) is 0. The van der Waals surface area contributed by atoms with Crippen molar-refractivity contribution in [2.75, 3.05) is 7.05 Å². The summed E-state index contributed by atoms with van der Waals surface area (Å²) in [5, 5.41) is 0. The molecule has 0 rings (SSSR count). The average Bonchev–Trinajstić information content (AvgIpc) is 2.24. The second-order valence-electron chi connectivity index (χ2n) is 7.46. The molecule has 110 valence electrons. The molecule has 0 radical (unpaired) electrons. The molecular formula is C17H37N. The molecule has 0 aliphatic carbocycles. The van der Waals surface area contributed by atoms with Crippen LogP contribution < -0.4 is 0 Å². The van der Waals surface area contributed by atoms with Gasteiger partial charge in [0.05, 0.1) is 0 Å². The van der Waals surface area contributed by atoms with E-state index < -0.39 is 0 Å². The summed E-state index contributed by atoms with van der Waals surface area (Å²) in [4.78, 5) is 2.68. The molecule has 0 amide bonds. The molecule has 0 bridgehead atoms. The molecule has 1 nitrogen and oxygen atoms in total. The van der Waals surface area contributed by atoms with Crippen molar-refractivity contribution in [2.45, 2.75) is 92.2 Å². The highest BCUT2D eigenvalue weighted by Crippen LogP contribution is 2.37. The van der Waals surface area contributed by atoms with Gasteiger partial charge >= 0.3 is 0 Å². The summed E-state index contributed by atoms with van der Waals surface area (Å²) in [7, 11) is 2.34. The van der Waals surface area contributed by atoms with Gasteiger partial charge in [-0.3, -0.25) is 4.90 Å². The zero-order chi connectivity index (χ0) is 14.6. The quantitative estimate of drug-likeness (QED) is 0.565. The fraction of sp³-hybridized carbons (Fsp3) is 1.00. The third-order valence-corrected chi connectivity index (χ3v) is 4.84. The van der Waals surface area contributed by atoms with Crippen LogP contribution in [0, 0.1) is 11.8 Å². The number of rotatable bonds is 8. The highest BCUT2D eigenvalue weighted by atomic mass is 15.2. The molecule has 0 aromatic rings. The maximum atomic E-state index is 2.68. The van der Waals surface area contributed by atoms with E-state index in [0.717, 1.165) is 11.8 Å². The topological polar surface area (TPSA) is 3.24 Å². The van der Waals surface area contributed by atoms with Crippen molar-refractivity contribution in [3.05, 3.63) is 0 Å². The largest absolute Gasteiger partial charge is 0.296 e. The van der Waals surface area contributed by atoms with Crippen LogP contribution in [-0.2, 0) is 0 Å². The highest BCUT2D eigenvalue weighted by molar-refractivity contribution is 4.95. The zero-order valence-electron chi connectivity index (χ0n) is 14.4. The molecule has 0 spiro atoms. The first kappa shape index (κ1) is 18.0. The first-order valence-corrected chi connectivity index (χ1v) is 7.85. The van der Waals surface area contributed by atoms with Gasteiger partial charge in [0.25, 0.3) is 0 Å². The maximum Gasteiger partial charge on any atom is 0.0188 e. The number of hydrogen-bond donors (Lipinski definition) is 0. The summed E-state index contributed by atoms with van der Waals surface area (Å²) in [5.41, 5.74) is 0.654. The smallest absolute Gasteiger partial charge is 0.0188 e. The lowest BCUT2D eigenvalue weighted by Crippen LogP contribution is -2.56. The molecule has 0 heterocycles. The molecule has 0 saturated carbocycles. The van der Waals surface area contributed by atoms with E-state index in [0.29, 0.717) is 11.1 Å². The molecule has 0 aliphatic heterocycles. The van der Waals surface area contributed by atoms with Crippen LogP contribution in [0.5, 0.6) is 0 Å². The van der Waals surface area contributed by atoms with Crippen LogP contribution in [0.3, 0.4) is 0 Å². The van der Waals surface area contributed by atoms with Crippen molar-refractivity contribution in [3.63, 3.8) is 0 Å². The third kappa shape index (κ3) is 4.57. The molecule has 0 N–H and O–H groups in total.